The molecule has 3 heterocycles. The summed E-state index contributed by atoms with van der Waals surface area (Å²) < 4.78 is 47.6. The number of hydrogen-bond acceptors (Lipinski definition) is 10. The highest BCUT2D eigenvalue weighted by Crippen LogP contribution is 2.38. The van der Waals surface area contributed by atoms with E-state index in [4.69, 9.17) is 14.2 Å². The monoisotopic (exact) mass is 518 g/mol. The number of ether oxygens (including phenoxy) is 3. The minimum atomic E-state index is -4.17. The Kier molecular flexibility index (Phi) is 7.71. The number of sulfonamides is 1. The number of para-hydroxylation sites is 1. The van der Waals surface area contributed by atoms with Crippen molar-refractivity contribution in [2.45, 2.75) is 44.0 Å². The minimum absolute atomic E-state index is 0.00591. The van der Waals surface area contributed by atoms with Crippen LogP contribution in [0.1, 0.15) is 49.0 Å². The highest BCUT2D eigenvalue weighted by atomic mass is 32.2. The summed E-state index contributed by atoms with van der Waals surface area (Å²) in [4.78, 5) is 8.12. The van der Waals surface area contributed by atoms with Gasteiger partial charge in [-0.05, 0) is 44.4 Å². The molecule has 3 atom stereocenters. The van der Waals surface area contributed by atoms with Crippen LogP contribution in [-0.2, 0) is 14.8 Å². The van der Waals surface area contributed by atoms with Gasteiger partial charge in [0.05, 0.1) is 20.8 Å². The van der Waals surface area contributed by atoms with E-state index in [-0.39, 0.29) is 17.7 Å². The van der Waals surface area contributed by atoms with Gasteiger partial charge in [-0.3, -0.25) is 9.29 Å². The van der Waals surface area contributed by atoms with E-state index in [2.05, 4.69) is 24.9 Å². The fourth-order valence-electron chi connectivity index (χ4n) is 4.00. The third-order valence-corrected chi connectivity index (χ3v) is 7.78. The quantitative estimate of drug-likeness (QED) is 0.431. The van der Waals surface area contributed by atoms with Crippen LogP contribution in [0.2, 0.25) is 0 Å². The van der Waals surface area contributed by atoms with E-state index in [0.29, 0.717) is 36.2 Å². The standard InChI is InChI=1S/C23H30N6O6S/c1-14-11-24-21(25-12-14)20(30)15(2)36(31,32)28-23-27-26-22(16-7-6-10-35-13-16)29(23)19-17(33-3)8-5-9-18(19)34-4/h5,8-9,11-12,15-16,20,30H,6-7,10,13H2,1-4H3,(H,27,28)/t15-,16+,20-/m0/s1. The van der Waals surface area contributed by atoms with Crippen molar-refractivity contribution in [3.63, 3.8) is 0 Å². The second kappa shape index (κ2) is 10.8. The molecule has 1 saturated heterocycles. The van der Waals surface area contributed by atoms with Crippen LogP contribution < -0.4 is 14.2 Å². The van der Waals surface area contributed by atoms with Gasteiger partial charge in [-0.1, -0.05) is 6.07 Å². The molecule has 0 aliphatic carbocycles. The van der Waals surface area contributed by atoms with Gasteiger partial charge in [-0.15, -0.1) is 10.2 Å². The molecule has 13 heteroatoms. The first-order valence-corrected chi connectivity index (χ1v) is 13.0. The SMILES string of the molecule is COc1cccc(OC)c1-n1c(NS(=O)(=O)[C@@H](C)[C@H](O)c2ncc(C)cn2)nnc1[C@@H]1CCCOC1. The largest absolute Gasteiger partial charge is 0.494 e. The fraction of sp³-hybridized carbons (Fsp3) is 0.478. The Morgan fingerprint density at radius 3 is 2.42 bits per heavy atom. The molecule has 0 radical (unpaired) electrons. The van der Waals surface area contributed by atoms with Crippen LogP contribution in [0.25, 0.3) is 5.69 Å². The zero-order valence-corrected chi connectivity index (χ0v) is 21.4. The molecular weight excluding hydrogens is 488 g/mol. The zero-order valence-electron chi connectivity index (χ0n) is 20.6. The van der Waals surface area contributed by atoms with Crippen molar-refractivity contribution in [1.82, 2.24) is 24.7 Å². The molecule has 3 aromatic rings. The Labute approximate surface area is 209 Å². The van der Waals surface area contributed by atoms with Gasteiger partial charge < -0.3 is 19.3 Å². The summed E-state index contributed by atoms with van der Waals surface area (Å²) in [6, 6.07) is 5.23. The summed E-state index contributed by atoms with van der Waals surface area (Å²) in [6.07, 6.45) is 3.19. The van der Waals surface area contributed by atoms with Gasteiger partial charge in [0, 0.05) is 24.9 Å². The Morgan fingerprint density at radius 2 is 1.83 bits per heavy atom. The van der Waals surface area contributed by atoms with Crippen molar-refractivity contribution in [2.24, 2.45) is 0 Å². The summed E-state index contributed by atoms with van der Waals surface area (Å²) in [7, 11) is -1.15. The molecule has 2 aromatic heterocycles. The van der Waals surface area contributed by atoms with Crippen LogP contribution in [0.15, 0.2) is 30.6 Å². The van der Waals surface area contributed by atoms with Crippen LogP contribution in [0.5, 0.6) is 11.5 Å². The van der Waals surface area contributed by atoms with Crippen LogP contribution >= 0.6 is 0 Å². The molecule has 1 fully saturated rings. The number of aliphatic hydroxyl groups excluding tert-OH is 1. The Hall–Kier alpha value is -3.29. The zero-order chi connectivity index (χ0) is 25.9. The Morgan fingerprint density at radius 1 is 1.17 bits per heavy atom. The lowest BCUT2D eigenvalue weighted by Crippen LogP contribution is -2.32. The van der Waals surface area contributed by atoms with Crippen molar-refractivity contribution in [1.29, 1.82) is 0 Å². The maximum atomic E-state index is 13.4. The highest BCUT2D eigenvalue weighted by molar-refractivity contribution is 7.93. The van der Waals surface area contributed by atoms with E-state index < -0.39 is 21.4 Å². The smallest absolute Gasteiger partial charge is 0.243 e. The number of benzene rings is 1. The van der Waals surface area contributed by atoms with E-state index in [1.807, 2.05) is 0 Å². The Balaban J connectivity index is 1.77. The summed E-state index contributed by atoms with van der Waals surface area (Å²) in [5.74, 6) is 1.20. The predicted molar refractivity (Wildman–Crippen MR) is 131 cm³/mol. The van der Waals surface area contributed by atoms with Gasteiger partial charge in [0.15, 0.2) is 5.82 Å². The summed E-state index contributed by atoms with van der Waals surface area (Å²) in [5.41, 5.74) is 1.23. The second-order valence-corrected chi connectivity index (χ2v) is 10.6. The molecule has 1 aliphatic rings. The number of nitrogens with one attached hydrogen (secondary N) is 1. The molecule has 1 aromatic carbocycles. The number of nitrogens with zero attached hydrogens (tertiary/aromatic N) is 5. The average Bonchev–Trinajstić information content (AvgIpc) is 3.30. The maximum absolute atomic E-state index is 13.4. The lowest BCUT2D eigenvalue weighted by atomic mass is 10.0. The first-order chi connectivity index (χ1) is 17.3. The molecule has 36 heavy (non-hydrogen) atoms. The number of aliphatic hydroxyl groups is 1. The molecule has 0 saturated carbocycles. The van der Waals surface area contributed by atoms with Gasteiger partial charge >= 0.3 is 0 Å². The van der Waals surface area contributed by atoms with Gasteiger partial charge in [0.2, 0.25) is 16.0 Å². The summed E-state index contributed by atoms with van der Waals surface area (Å²) in [6.45, 7) is 4.24. The third-order valence-electron chi connectivity index (χ3n) is 6.07. The normalized spacial score (nSPS) is 17.9. The van der Waals surface area contributed by atoms with E-state index >= 15 is 0 Å². The molecule has 4 rings (SSSR count). The number of aryl methyl sites for hydroxylation is 1. The van der Waals surface area contributed by atoms with Crippen LogP contribution in [-0.4, -0.2) is 70.9 Å². The molecular formula is C23H30N6O6S. The second-order valence-electron chi connectivity index (χ2n) is 8.56. The topological polar surface area (TPSA) is 151 Å². The van der Waals surface area contributed by atoms with Crippen molar-refractivity contribution in [3.8, 4) is 17.2 Å². The van der Waals surface area contributed by atoms with Crippen LogP contribution in [0.3, 0.4) is 0 Å². The molecule has 1 aliphatic heterocycles. The number of anilines is 1. The lowest BCUT2D eigenvalue weighted by molar-refractivity contribution is 0.0775. The summed E-state index contributed by atoms with van der Waals surface area (Å²) >= 11 is 0. The summed E-state index contributed by atoms with van der Waals surface area (Å²) in [5, 5.41) is 17.9. The van der Waals surface area contributed by atoms with Gasteiger partial charge in [-0.2, -0.15) is 0 Å². The number of aromatic nitrogens is 5. The van der Waals surface area contributed by atoms with E-state index in [9.17, 15) is 13.5 Å². The molecule has 0 amide bonds. The van der Waals surface area contributed by atoms with Gasteiger partial charge in [0.1, 0.15) is 34.4 Å². The van der Waals surface area contributed by atoms with Gasteiger partial charge in [0.25, 0.3) is 0 Å². The van der Waals surface area contributed by atoms with Crippen molar-refractivity contribution < 1.29 is 27.7 Å². The van der Waals surface area contributed by atoms with E-state index in [1.165, 1.54) is 33.5 Å². The third kappa shape index (κ3) is 5.13. The van der Waals surface area contributed by atoms with Gasteiger partial charge in [-0.25, -0.2) is 18.4 Å². The van der Waals surface area contributed by atoms with E-state index in [0.717, 1.165) is 18.4 Å². The molecule has 12 nitrogen and oxygen atoms in total. The van der Waals surface area contributed by atoms with Crippen LogP contribution in [0, 0.1) is 6.92 Å². The molecule has 0 bridgehead atoms. The number of rotatable bonds is 9. The minimum Gasteiger partial charge on any atom is -0.494 e. The first kappa shape index (κ1) is 25.8. The first-order valence-electron chi connectivity index (χ1n) is 11.5. The predicted octanol–water partition coefficient (Wildman–Crippen LogP) is 2.14. The van der Waals surface area contributed by atoms with Crippen LogP contribution in [0.4, 0.5) is 5.95 Å². The Bertz CT molecular complexity index is 1270. The molecule has 0 spiro atoms. The lowest BCUT2D eigenvalue weighted by Gasteiger charge is -2.24. The maximum Gasteiger partial charge on any atom is 0.243 e. The fourth-order valence-corrected chi connectivity index (χ4v) is 5.03. The number of hydrogen-bond donors (Lipinski definition) is 2. The number of methoxy groups -OCH3 is 2. The molecule has 194 valence electrons. The highest BCUT2D eigenvalue weighted by Gasteiger charge is 2.34. The molecule has 2 N–H and O–H groups in total. The van der Waals surface area contributed by atoms with Crippen molar-refractivity contribution in [2.75, 3.05) is 32.2 Å². The van der Waals surface area contributed by atoms with Crippen molar-refractivity contribution >= 4 is 16.0 Å². The van der Waals surface area contributed by atoms with Crippen molar-refractivity contribution in [3.05, 3.63) is 47.8 Å². The average molecular weight is 519 g/mol. The van der Waals surface area contributed by atoms with E-state index in [1.54, 1.807) is 29.7 Å². The molecule has 0 unspecified atom stereocenters.